The molecule has 0 radical (unpaired) electrons. The zero-order valence-corrected chi connectivity index (χ0v) is 9.75. The van der Waals surface area contributed by atoms with Gasteiger partial charge in [0.2, 0.25) is 5.82 Å². The summed E-state index contributed by atoms with van der Waals surface area (Å²) in [5, 5.41) is 10.8. The van der Waals surface area contributed by atoms with Crippen molar-refractivity contribution in [1.82, 2.24) is 4.98 Å². The highest BCUT2D eigenvalue weighted by Crippen LogP contribution is 2.25. The number of alkyl halides is 2. The number of hydrogen-bond donors (Lipinski definition) is 0. The van der Waals surface area contributed by atoms with Gasteiger partial charge in [0.05, 0.1) is 18.1 Å². The molecule has 1 rings (SSSR count). The Balaban J connectivity index is 2.99. The van der Waals surface area contributed by atoms with E-state index in [0.29, 0.717) is 0 Å². The summed E-state index contributed by atoms with van der Waals surface area (Å²) in [6.45, 7) is -0.333. The summed E-state index contributed by atoms with van der Waals surface area (Å²) in [6, 6.07) is 2.62. The molecule has 0 saturated heterocycles. The molecule has 0 spiro atoms. The number of pyridine rings is 1. The van der Waals surface area contributed by atoms with Crippen LogP contribution in [0, 0.1) is 10.1 Å². The highest BCUT2D eigenvalue weighted by Gasteiger charge is 2.22. The Hall–Kier alpha value is -1.83. The quantitative estimate of drug-likeness (QED) is 0.552. The van der Waals surface area contributed by atoms with Gasteiger partial charge in [0.25, 0.3) is 6.43 Å². The van der Waals surface area contributed by atoms with Crippen LogP contribution in [0.1, 0.15) is 0 Å². The van der Waals surface area contributed by atoms with Crippen molar-refractivity contribution in [3.8, 4) is 0 Å². The lowest BCUT2D eigenvalue weighted by molar-refractivity contribution is -0.384. The van der Waals surface area contributed by atoms with Crippen LogP contribution in [0.15, 0.2) is 18.3 Å². The molecule has 0 bridgehead atoms. The van der Waals surface area contributed by atoms with E-state index in [2.05, 4.69) is 4.98 Å². The van der Waals surface area contributed by atoms with Gasteiger partial charge in [0.15, 0.2) is 0 Å². The molecule has 0 aromatic carbocycles. The Kier molecular flexibility index (Phi) is 5.37. The van der Waals surface area contributed by atoms with Crippen molar-refractivity contribution in [2.45, 2.75) is 6.43 Å². The zero-order valence-electron chi connectivity index (χ0n) is 9.75. The first-order valence-corrected chi connectivity index (χ1v) is 5.17. The van der Waals surface area contributed by atoms with Gasteiger partial charge in [0, 0.05) is 25.9 Å². The molecule has 0 N–H and O–H groups in total. The Bertz CT molecular complexity index is 404. The second-order valence-corrected chi connectivity index (χ2v) is 3.43. The van der Waals surface area contributed by atoms with Crippen LogP contribution in [0.4, 0.5) is 20.3 Å². The molecule has 0 atom stereocenters. The number of nitrogens with zero attached hydrogens (tertiary/aromatic N) is 3. The lowest BCUT2D eigenvalue weighted by Gasteiger charge is -2.22. The first kappa shape index (κ1) is 14.2. The van der Waals surface area contributed by atoms with Gasteiger partial charge in [-0.2, -0.15) is 0 Å². The van der Waals surface area contributed by atoms with Gasteiger partial charge in [-0.3, -0.25) is 10.1 Å². The average Bonchev–Trinajstić information content (AvgIpc) is 2.34. The molecule has 0 unspecified atom stereocenters. The minimum atomic E-state index is -2.61. The van der Waals surface area contributed by atoms with Crippen molar-refractivity contribution < 1.29 is 18.4 Å². The maximum atomic E-state index is 12.5. The maximum absolute atomic E-state index is 12.5. The van der Waals surface area contributed by atoms with Gasteiger partial charge < -0.3 is 9.64 Å². The lowest BCUT2D eigenvalue weighted by atomic mass is 10.3. The van der Waals surface area contributed by atoms with Crippen molar-refractivity contribution >= 4 is 11.5 Å². The molecule has 0 aliphatic carbocycles. The molecule has 8 heteroatoms. The first-order valence-electron chi connectivity index (χ1n) is 5.17. The lowest BCUT2D eigenvalue weighted by Crippen LogP contribution is -2.33. The molecule has 1 aromatic rings. The van der Waals surface area contributed by atoms with Crippen molar-refractivity contribution in [3.63, 3.8) is 0 Å². The fraction of sp³-hybridized carbons (Fsp3) is 0.500. The number of anilines is 1. The minimum absolute atomic E-state index is 0.0696. The summed E-state index contributed by atoms with van der Waals surface area (Å²) in [4.78, 5) is 15.1. The van der Waals surface area contributed by atoms with E-state index in [9.17, 15) is 18.9 Å². The molecule has 0 fully saturated rings. The fourth-order valence-corrected chi connectivity index (χ4v) is 1.43. The zero-order chi connectivity index (χ0) is 13.5. The van der Waals surface area contributed by atoms with Gasteiger partial charge in [-0.1, -0.05) is 0 Å². The van der Waals surface area contributed by atoms with Crippen LogP contribution in [0.2, 0.25) is 0 Å². The number of methoxy groups -OCH3 is 1. The summed E-state index contributed by atoms with van der Waals surface area (Å²) < 4.78 is 29.7. The fourth-order valence-electron chi connectivity index (χ4n) is 1.43. The molecule has 0 aliphatic heterocycles. The van der Waals surface area contributed by atoms with Crippen molar-refractivity contribution in [1.29, 1.82) is 0 Å². The Morgan fingerprint density at radius 1 is 1.61 bits per heavy atom. The van der Waals surface area contributed by atoms with Crippen LogP contribution in [0.25, 0.3) is 0 Å². The second-order valence-electron chi connectivity index (χ2n) is 3.43. The molecule has 0 aliphatic rings. The minimum Gasteiger partial charge on any atom is -0.383 e. The first-order chi connectivity index (χ1) is 8.56. The molecule has 18 heavy (non-hydrogen) atoms. The van der Waals surface area contributed by atoms with Crippen molar-refractivity contribution in [2.24, 2.45) is 0 Å². The van der Waals surface area contributed by atoms with E-state index in [1.807, 2.05) is 0 Å². The van der Waals surface area contributed by atoms with Crippen LogP contribution in [0.3, 0.4) is 0 Å². The van der Waals surface area contributed by atoms with E-state index in [4.69, 9.17) is 4.74 Å². The van der Waals surface area contributed by atoms with Crippen molar-refractivity contribution in [2.75, 3.05) is 31.7 Å². The molecule has 0 amide bonds. The summed E-state index contributed by atoms with van der Waals surface area (Å²) in [7, 11) is 1.42. The van der Waals surface area contributed by atoms with Gasteiger partial charge in [-0.25, -0.2) is 13.8 Å². The smallest absolute Gasteiger partial charge is 0.311 e. The third-order valence-corrected chi connectivity index (χ3v) is 2.19. The Morgan fingerprint density at radius 2 is 2.33 bits per heavy atom. The van der Waals surface area contributed by atoms with E-state index in [1.165, 1.54) is 25.4 Å². The van der Waals surface area contributed by atoms with E-state index in [-0.39, 0.29) is 24.7 Å². The number of nitro groups is 1. The van der Waals surface area contributed by atoms with E-state index in [1.54, 1.807) is 0 Å². The average molecular weight is 261 g/mol. The number of halogens is 2. The Labute approximate surface area is 102 Å². The monoisotopic (exact) mass is 261 g/mol. The molecule has 0 saturated carbocycles. The third kappa shape index (κ3) is 3.88. The molecule has 1 heterocycles. The summed E-state index contributed by atoms with van der Waals surface area (Å²) in [5.41, 5.74) is -0.297. The van der Waals surface area contributed by atoms with E-state index >= 15 is 0 Å². The predicted molar refractivity (Wildman–Crippen MR) is 61.0 cm³/mol. The molecular formula is C10H13F2N3O3. The maximum Gasteiger partial charge on any atom is 0.311 e. The van der Waals surface area contributed by atoms with Crippen LogP contribution in [-0.4, -0.2) is 43.1 Å². The van der Waals surface area contributed by atoms with E-state index in [0.717, 1.165) is 4.90 Å². The number of ether oxygens (including phenoxy) is 1. The van der Waals surface area contributed by atoms with Gasteiger partial charge >= 0.3 is 5.69 Å². The summed E-state index contributed by atoms with van der Waals surface area (Å²) >= 11 is 0. The molecule has 1 aromatic heterocycles. The highest BCUT2D eigenvalue weighted by molar-refractivity contribution is 5.57. The van der Waals surface area contributed by atoms with Crippen LogP contribution in [-0.2, 0) is 4.74 Å². The molecule has 100 valence electrons. The van der Waals surface area contributed by atoms with Crippen LogP contribution >= 0.6 is 0 Å². The van der Waals surface area contributed by atoms with Crippen LogP contribution in [0.5, 0.6) is 0 Å². The number of aromatic nitrogens is 1. The normalized spacial score (nSPS) is 10.7. The van der Waals surface area contributed by atoms with Gasteiger partial charge in [0.1, 0.15) is 0 Å². The molecular weight excluding hydrogens is 248 g/mol. The summed E-state index contributed by atoms with van der Waals surface area (Å²) in [6.07, 6.45) is -1.28. The SMILES string of the molecule is COCCN(CC(F)F)c1ncccc1[N+](=O)[O-]. The standard InChI is InChI=1S/C10H13F2N3O3/c1-18-6-5-14(7-9(11)12)10-8(15(16)17)3-2-4-13-10/h2-4,9H,5-7H2,1H3. The Morgan fingerprint density at radius 3 is 2.89 bits per heavy atom. The van der Waals surface area contributed by atoms with Gasteiger partial charge in [-0.15, -0.1) is 0 Å². The highest BCUT2D eigenvalue weighted by atomic mass is 19.3. The second kappa shape index (κ2) is 6.80. The number of rotatable bonds is 7. The number of hydrogen-bond acceptors (Lipinski definition) is 5. The third-order valence-electron chi connectivity index (χ3n) is 2.19. The molecule has 6 nitrogen and oxygen atoms in total. The van der Waals surface area contributed by atoms with E-state index < -0.39 is 17.9 Å². The topological polar surface area (TPSA) is 68.5 Å². The van der Waals surface area contributed by atoms with Crippen molar-refractivity contribution in [3.05, 3.63) is 28.4 Å². The predicted octanol–water partition coefficient (Wildman–Crippen LogP) is 1.71. The van der Waals surface area contributed by atoms with Gasteiger partial charge in [-0.05, 0) is 6.07 Å². The van der Waals surface area contributed by atoms with Crippen LogP contribution < -0.4 is 4.90 Å². The summed E-state index contributed by atoms with van der Waals surface area (Å²) in [5.74, 6) is -0.0696. The largest absolute Gasteiger partial charge is 0.383 e.